The van der Waals surface area contributed by atoms with E-state index < -0.39 is 0 Å². The molecule has 0 aliphatic carbocycles. The lowest BCUT2D eigenvalue weighted by atomic mass is 9.99. The van der Waals surface area contributed by atoms with Gasteiger partial charge in [-0.05, 0) is 37.9 Å². The summed E-state index contributed by atoms with van der Waals surface area (Å²) >= 11 is 5.28. The maximum Gasteiger partial charge on any atom is 0.169 e. The normalized spacial score (nSPS) is 37.7. The van der Waals surface area contributed by atoms with E-state index in [0.717, 1.165) is 18.0 Å². The van der Waals surface area contributed by atoms with Crippen molar-refractivity contribution in [3.8, 4) is 0 Å². The van der Waals surface area contributed by atoms with Crippen molar-refractivity contribution in [2.45, 2.75) is 43.8 Å². The Balaban J connectivity index is 2.10. The third-order valence-electron chi connectivity index (χ3n) is 3.22. The summed E-state index contributed by atoms with van der Waals surface area (Å²) in [4.78, 5) is 2.36. The highest BCUT2D eigenvalue weighted by Gasteiger charge is 2.40. The van der Waals surface area contributed by atoms with Gasteiger partial charge in [-0.1, -0.05) is 0 Å². The van der Waals surface area contributed by atoms with Crippen LogP contribution in [0.4, 0.5) is 0 Å². The van der Waals surface area contributed by atoms with Gasteiger partial charge in [0.2, 0.25) is 0 Å². The molecule has 0 amide bonds. The molecule has 0 spiro atoms. The smallest absolute Gasteiger partial charge is 0.169 e. The Morgan fingerprint density at radius 2 is 1.92 bits per heavy atom. The van der Waals surface area contributed by atoms with Crippen LogP contribution in [0, 0.1) is 0 Å². The van der Waals surface area contributed by atoms with Crippen LogP contribution in [-0.4, -0.2) is 35.2 Å². The van der Waals surface area contributed by atoms with Gasteiger partial charge in [-0.3, -0.25) is 0 Å². The van der Waals surface area contributed by atoms with Gasteiger partial charge in [0.25, 0.3) is 0 Å². The predicted molar refractivity (Wildman–Crippen MR) is 57.5 cm³/mol. The second-order valence-corrected chi connectivity index (χ2v) is 4.47. The van der Waals surface area contributed by atoms with Crippen molar-refractivity contribution in [3.05, 3.63) is 0 Å². The first-order chi connectivity index (χ1) is 6.22. The van der Waals surface area contributed by atoms with E-state index in [1.807, 2.05) is 7.05 Å². The molecule has 0 radical (unpaired) electrons. The van der Waals surface area contributed by atoms with Gasteiger partial charge < -0.3 is 16.0 Å². The SMILES string of the molecule is CNC(=S)N1C2CCC1CC(N)C2. The van der Waals surface area contributed by atoms with Crippen LogP contribution in [0.1, 0.15) is 25.7 Å². The molecule has 0 aromatic heterocycles. The summed E-state index contributed by atoms with van der Waals surface area (Å²) in [7, 11) is 1.90. The molecule has 2 bridgehead atoms. The van der Waals surface area contributed by atoms with E-state index in [2.05, 4.69) is 10.2 Å². The number of fused-ring (bicyclic) bond motifs is 2. The second-order valence-electron chi connectivity index (χ2n) is 4.08. The molecule has 2 aliphatic heterocycles. The van der Waals surface area contributed by atoms with E-state index in [1.165, 1.54) is 12.8 Å². The molecule has 2 fully saturated rings. The van der Waals surface area contributed by atoms with Gasteiger partial charge in [-0.25, -0.2) is 0 Å². The molecule has 0 aromatic rings. The van der Waals surface area contributed by atoms with Gasteiger partial charge in [-0.2, -0.15) is 0 Å². The van der Waals surface area contributed by atoms with Gasteiger partial charge >= 0.3 is 0 Å². The van der Waals surface area contributed by atoms with E-state index in [9.17, 15) is 0 Å². The van der Waals surface area contributed by atoms with Crippen LogP contribution in [0.5, 0.6) is 0 Å². The summed E-state index contributed by atoms with van der Waals surface area (Å²) in [6, 6.07) is 1.61. The number of nitrogens with one attached hydrogen (secondary N) is 1. The van der Waals surface area contributed by atoms with E-state index in [-0.39, 0.29) is 0 Å². The van der Waals surface area contributed by atoms with E-state index >= 15 is 0 Å². The molecule has 3 N–H and O–H groups in total. The molecular formula is C9H17N3S. The third-order valence-corrected chi connectivity index (χ3v) is 3.63. The maximum atomic E-state index is 5.97. The molecule has 74 valence electrons. The zero-order chi connectivity index (χ0) is 9.42. The standard InChI is InChI=1S/C9H17N3S/c1-11-9(13)12-7-2-3-8(12)5-6(10)4-7/h6-8H,2-5,10H2,1H3,(H,11,13). The molecule has 2 saturated heterocycles. The third kappa shape index (κ3) is 1.53. The molecule has 13 heavy (non-hydrogen) atoms. The summed E-state index contributed by atoms with van der Waals surface area (Å²) in [6.45, 7) is 0. The van der Waals surface area contributed by atoms with Gasteiger partial charge in [0.15, 0.2) is 5.11 Å². The zero-order valence-electron chi connectivity index (χ0n) is 7.99. The van der Waals surface area contributed by atoms with Crippen LogP contribution >= 0.6 is 12.2 Å². The first-order valence-electron chi connectivity index (χ1n) is 4.98. The topological polar surface area (TPSA) is 41.3 Å². The molecule has 0 saturated carbocycles. The summed E-state index contributed by atoms with van der Waals surface area (Å²) in [5.74, 6) is 0. The van der Waals surface area contributed by atoms with Crippen molar-refractivity contribution in [1.29, 1.82) is 0 Å². The average Bonchev–Trinajstić information content (AvgIpc) is 2.37. The van der Waals surface area contributed by atoms with Crippen LogP contribution in [-0.2, 0) is 0 Å². The molecule has 2 aliphatic rings. The minimum absolute atomic E-state index is 0.397. The van der Waals surface area contributed by atoms with Crippen LogP contribution in [0.3, 0.4) is 0 Å². The summed E-state index contributed by atoms with van der Waals surface area (Å²) < 4.78 is 0. The lowest BCUT2D eigenvalue weighted by Crippen LogP contribution is -2.52. The van der Waals surface area contributed by atoms with Gasteiger partial charge in [-0.15, -0.1) is 0 Å². The highest BCUT2D eigenvalue weighted by atomic mass is 32.1. The largest absolute Gasteiger partial charge is 0.366 e. The van der Waals surface area contributed by atoms with Crippen LogP contribution in [0.15, 0.2) is 0 Å². The van der Waals surface area contributed by atoms with Gasteiger partial charge in [0.1, 0.15) is 0 Å². The Hall–Kier alpha value is -0.350. The van der Waals surface area contributed by atoms with Crippen molar-refractivity contribution >= 4 is 17.3 Å². The second kappa shape index (κ2) is 3.42. The van der Waals surface area contributed by atoms with Crippen molar-refractivity contribution < 1.29 is 0 Å². The minimum atomic E-state index is 0.397. The molecule has 4 heteroatoms. The summed E-state index contributed by atoms with van der Waals surface area (Å²) in [5.41, 5.74) is 5.97. The Morgan fingerprint density at radius 3 is 2.38 bits per heavy atom. The predicted octanol–water partition coefficient (Wildman–Crippen LogP) is 0.445. The Bertz CT molecular complexity index is 205. The maximum absolute atomic E-state index is 5.97. The number of rotatable bonds is 0. The van der Waals surface area contributed by atoms with E-state index in [1.54, 1.807) is 0 Å². The Morgan fingerprint density at radius 1 is 1.38 bits per heavy atom. The van der Waals surface area contributed by atoms with Crippen LogP contribution in [0.2, 0.25) is 0 Å². The van der Waals surface area contributed by atoms with Gasteiger partial charge in [0.05, 0.1) is 0 Å². The molecule has 2 unspecified atom stereocenters. The number of nitrogens with two attached hydrogens (primary N) is 1. The van der Waals surface area contributed by atoms with Crippen LogP contribution < -0.4 is 11.1 Å². The fourth-order valence-corrected chi connectivity index (χ4v) is 2.98. The molecule has 3 nitrogen and oxygen atoms in total. The number of piperidine rings is 1. The average molecular weight is 199 g/mol. The summed E-state index contributed by atoms with van der Waals surface area (Å²) in [6.07, 6.45) is 4.75. The first-order valence-corrected chi connectivity index (χ1v) is 5.39. The molecule has 0 aromatic carbocycles. The molecule has 2 atom stereocenters. The van der Waals surface area contributed by atoms with Crippen molar-refractivity contribution in [3.63, 3.8) is 0 Å². The Labute approximate surface area is 84.7 Å². The molecule has 2 rings (SSSR count). The fourth-order valence-electron chi connectivity index (χ4n) is 2.68. The van der Waals surface area contributed by atoms with Crippen molar-refractivity contribution in [1.82, 2.24) is 10.2 Å². The van der Waals surface area contributed by atoms with E-state index in [0.29, 0.717) is 18.1 Å². The first kappa shape index (κ1) is 9.21. The fraction of sp³-hybridized carbons (Fsp3) is 0.889. The molecular weight excluding hydrogens is 182 g/mol. The van der Waals surface area contributed by atoms with Gasteiger partial charge in [0, 0.05) is 25.2 Å². The number of nitrogens with zero attached hydrogens (tertiary/aromatic N) is 1. The molecule has 2 heterocycles. The van der Waals surface area contributed by atoms with Crippen LogP contribution in [0.25, 0.3) is 0 Å². The number of thiocarbonyl (C=S) groups is 1. The zero-order valence-corrected chi connectivity index (χ0v) is 8.81. The highest BCUT2D eigenvalue weighted by molar-refractivity contribution is 7.80. The Kier molecular flexibility index (Phi) is 2.43. The quantitative estimate of drug-likeness (QED) is 0.556. The van der Waals surface area contributed by atoms with Crippen molar-refractivity contribution in [2.24, 2.45) is 5.73 Å². The summed E-state index contributed by atoms with van der Waals surface area (Å²) in [5, 5.41) is 3.97. The lowest BCUT2D eigenvalue weighted by Gasteiger charge is -2.39. The highest BCUT2D eigenvalue weighted by Crippen LogP contribution is 2.34. The lowest BCUT2D eigenvalue weighted by molar-refractivity contribution is 0.214. The number of hydrogen-bond donors (Lipinski definition) is 2. The van der Waals surface area contributed by atoms with E-state index in [4.69, 9.17) is 18.0 Å². The monoisotopic (exact) mass is 199 g/mol. The number of hydrogen-bond acceptors (Lipinski definition) is 2. The van der Waals surface area contributed by atoms with Crippen molar-refractivity contribution in [2.75, 3.05) is 7.05 Å². The minimum Gasteiger partial charge on any atom is -0.366 e.